The van der Waals surface area contributed by atoms with Crippen LogP contribution in [0.4, 0.5) is 13.2 Å². The summed E-state index contributed by atoms with van der Waals surface area (Å²) in [5.41, 5.74) is 0.716. The molecule has 1 unspecified atom stereocenters. The predicted molar refractivity (Wildman–Crippen MR) is 88.9 cm³/mol. The Bertz CT molecular complexity index is 789. The van der Waals surface area contributed by atoms with Crippen LogP contribution in [0.1, 0.15) is 16.7 Å². The first-order valence-electron chi connectivity index (χ1n) is 8.11. The fourth-order valence-corrected chi connectivity index (χ4v) is 2.91. The van der Waals surface area contributed by atoms with Crippen LogP contribution in [0.15, 0.2) is 54.6 Å². The van der Waals surface area contributed by atoms with Gasteiger partial charge in [0.15, 0.2) is 0 Å². The van der Waals surface area contributed by atoms with Gasteiger partial charge in [0.2, 0.25) is 11.8 Å². The summed E-state index contributed by atoms with van der Waals surface area (Å²) >= 11 is 0. The Morgan fingerprint density at radius 2 is 1.62 bits per heavy atom. The molecule has 26 heavy (non-hydrogen) atoms. The Hall–Kier alpha value is -2.83. The number of amides is 2. The lowest BCUT2D eigenvalue weighted by Gasteiger charge is -2.32. The van der Waals surface area contributed by atoms with Crippen molar-refractivity contribution in [3.05, 3.63) is 71.3 Å². The minimum atomic E-state index is -4.40. The number of carbonyl (C=O) groups excluding carboxylic acids is 2. The molecule has 0 radical (unpaired) electrons. The lowest BCUT2D eigenvalue weighted by Crippen LogP contribution is -2.58. The van der Waals surface area contributed by atoms with E-state index >= 15 is 0 Å². The second-order valence-electron chi connectivity index (χ2n) is 6.20. The summed E-state index contributed by atoms with van der Waals surface area (Å²) in [4.78, 5) is 26.0. The molecule has 7 heteroatoms. The monoisotopic (exact) mass is 362 g/mol. The SMILES string of the molecule is O=C1CN(Cc2ccccc2)C(=O)C(Cc2ccc(C(F)(F)F)cc2)N1. The van der Waals surface area contributed by atoms with E-state index < -0.39 is 17.8 Å². The molecule has 3 rings (SSSR count). The Labute approximate surface area is 148 Å². The number of rotatable bonds is 4. The van der Waals surface area contributed by atoms with Crippen molar-refractivity contribution in [2.24, 2.45) is 0 Å². The van der Waals surface area contributed by atoms with E-state index in [1.165, 1.54) is 17.0 Å². The third-order valence-corrected chi connectivity index (χ3v) is 4.22. The second-order valence-corrected chi connectivity index (χ2v) is 6.20. The van der Waals surface area contributed by atoms with Crippen LogP contribution in [0.3, 0.4) is 0 Å². The summed E-state index contributed by atoms with van der Waals surface area (Å²) in [6.45, 7) is 0.286. The van der Waals surface area contributed by atoms with Crippen LogP contribution in [0.2, 0.25) is 0 Å². The van der Waals surface area contributed by atoms with Crippen LogP contribution in [-0.4, -0.2) is 29.3 Å². The normalized spacial score (nSPS) is 18.0. The highest BCUT2D eigenvalue weighted by atomic mass is 19.4. The predicted octanol–water partition coefficient (Wildman–Crippen LogP) is 2.78. The highest BCUT2D eigenvalue weighted by Crippen LogP contribution is 2.29. The molecule has 1 aliphatic heterocycles. The number of piperazine rings is 1. The van der Waals surface area contributed by atoms with Gasteiger partial charge >= 0.3 is 6.18 Å². The molecule has 0 bridgehead atoms. The van der Waals surface area contributed by atoms with Crippen LogP contribution in [0.5, 0.6) is 0 Å². The van der Waals surface area contributed by atoms with E-state index in [0.717, 1.165) is 17.7 Å². The molecule has 2 amide bonds. The van der Waals surface area contributed by atoms with Gasteiger partial charge in [0.1, 0.15) is 6.04 Å². The van der Waals surface area contributed by atoms with Crippen molar-refractivity contribution in [2.75, 3.05) is 6.54 Å². The van der Waals surface area contributed by atoms with E-state index in [-0.39, 0.29) is 24.8 Å². The van der Waals surface area contributed by atoms with Gasteiger partial charge in [0.25, 0.3) is 0 Å². The van der Waals surface area contributed by atoms with Gasteiger partial charge < -0.3 is 10.2 Å². The van der Waals surface area contributed by atoms with Crippen molar-refractivity contribution in [1.29, 1.82) is 0 Å². The summed E-state index contributed by atoms with van der Waals surface area (Å²) in [5, 5.41) is 2.62. The Morgan fingerprint density at radius 1 is 0.962 bits per heavy atom. The smallest absolute Gasteiger partial charge is 0.342 e. The fourth-order valence-electron chi connectivity index (χ4n) is 2.91. The van der Waals surface area contributed by atoms with Gasteiger partial charge in [0, 0.05) is 13.0 Å². The molecule has 1 aliphatic rings. The van der Waals surface area contributed by atoms with Crippen LogP contribution < -0.4 is 5.32 Å². The van der Waals surface area contributed by atoms with E-state index in [1.807, 2.05) is 30.3 Å². The molecular formula is C19H17F3N2O2. The number of nitrogens with zero attached hydrogens (tertiary/aromatic N) is 1. The summed E-state index contributed by atoms with van der Waals surface area (Å²) in [5.74, 6) is -0.522. The molecule has 136 valence electrons. The van der Waals surface area contributed by atoms with Crippen molar-refractivity contribution in [3.8, 4) is 0 Å². The average Bonchev–Trinajstić information content (AvgIpc) is 2.59. The minimum Gasteiger partial charge on any atom is -0.342 e. The maximum absolute atomic E-state index is 12.6. The van der Waals surface area contributed by atoms with Gasteiger partial charge in [-0.25, -0.2) is 0 Å². The molecule has 1 fully saturated rings. The zero-order valence-electron chi connectivity index (χ0n) is 13.8. The Kier molecular flexibility index (Phi) is 4.97. The van der Waals surface area contributed by atoms with E-state index in [9.17, 15) is 22.8 Å². The molecule has 0 spiro atoms. The number of carbonyl (C=O) groups is 2. The lowest BCUT2D eigenvalue weighted by atomic mass is 10.0. The van der Waals surface area contributed by atoms with Gasteiger partial charge in [0.05, 0.1) is 12.1 Å². The van der Waals surface area contributed by atoms with Crippen molar-refractivity contribution >= 4 is 11.8 Å². The van der Waals surface area contributed by atoms with Crippen molar-refractivity contribution in [3.63, 3.8) is 0 Å². The first kappa shape index (κ1) is 18.0. The van der Waals surface area contributed by atoms with E-state index in [0.29, 0.717) is 12.1 Å². The summed E-state index contributed by atoms with van der Waals surface area (Å²) in [7, 11) is 0. The fraction of sp³-hybridized carbons (Fsp3) is 0.263. The zero-order valence-corrected chi connectivity index (χ0v) is 13.8. The number of halogens is 3. The molecule has 2 aromatic rings. The van der Waals surface area contributed by atoms with E-state index in [2.05, 4.69) is 5.32 Å². The van der Waals surface area contributed by atoms with Crippen molar-refractivity contribution < 1.29 is 22.8 Å². The minimum absolute atomic E-state index is 0.0305. The number of nitrogens with one attached hydrogen (secondary N) is 1. The molecule has 0 saturated carbocycles. The quantitative estimate of drug-likeness (QED) is 0.909. The molecule has 2 aromatic carbocycles. The standard InChI is InChI=1S/C19H17F3N2O2/c20-19(21,22)15-8-6-13(7-9-15)10-16-18(26)24(12-17(25)23-16)11-14-4-2-1-3-5-14/h1-9,16H,10-12H2,(H,23,25). The highest BCUT2D eigenvalue weighted by Gasteiger charge is 2.33. The maximum Gasteiger partial charge on any atom is 0.416 e. The van der Waals surface area contributed by atoms with E-state index in [1.54, 1.807) is 0 Å². The third-order valence-electron chi connectivity index (χ3n) is 4.22. The van der Waals surface area contributed by atoms with E-state index in [4.69, 9.17) is 0 Å². The summed E-state index contributed by atoms with van der Waals surface area (Å²) < 4.78 is 37.9. The third kappa shape index (κ3) is 4.22. The van der Waals surface area contributed by atoms with Gasteiger partial charge in [-0.15, -0.1) is 0 Å². The van der Waals surface area contributed by atoms with Gasteiger partial charge in [-0.3, -0.25) is 9.59 Å². The van der Waals surface area contributed by atoms with Gasteiger partial charge in [-0.1, -0.05) is 42.5 Å². The lowest BCUT2D eigenvalue weighted by molar-refractivity contribution is -0.144. The number of hydrogen-bond donors (Lipinski definition) is 1. The molecule has 0 aliphatic carbocycles. The molecule has 1 atom stereocenters. The van der Waals surface area contributed by atoms with Crippen LogP contribution >= 0.6 is 0 Å². The molecule has 4 nitrogen and oxygen atoms in total. The molecule has 1 saturated heterocycles. The molecule has 1 heterocycles. The number of alkyl halides is 3. The van der Waals surface area contributed by atoms with Gasteiger partial charge in [-0.05, 0) is 23.3 Å². The second kappa shape index (κ2) is 7.19. The van der Waals surface area contributed by atoms with Crippen LogP contribution in [0, 0.1) is 0 Å². The molecular weight excluding hydrogens is 345 g/mol. The number of benzene rings is 2. The highest BCUT2D eigenvalue weighted by molar-refractivity contribution is 5.95. The van der Waals surface area contributed by atoms with Crippen LogP contribution in [0.25, 0.3) is 0 Å². The Morgan fingerprint density at radius 3 is 2.23 bits per heavy atom. The van der Waals surface area contributed by atoms with Gasteiger partial charge in [-0.2, -0.15) is 13.2 Å². The zero-order chi connectivity index (χ0) is 18.7. The van der Waals surface area contributed by atoms with Crippen LogP contribution in [-0.2, 0) is 28.7 Å². The Balaban J connectivity index is 1.71. The van der Waals surface area contributed by atoms with Crippen molar-refractivity contribution in [2.45, 2.75) is 25.2 Å². The maximum atomic E-state index is 12.6. The summed E-state index contributed by atoms with van der Waals surface area (Å²) in [6, 6.07) is 13.1. The number of hydrogen-bond acceptors (Lipinski definition) is 2. The topological polar surface area (TPSA) is 49.4 Å². The first-order chi connectivity index (χ1) is 12.3. The largest absolute Gasteiger partial charge is 0.416 e. The van der Waals surface area contributed by atoms with Crippen molar-refractivity contribution in [1.82, 2.24) is 10.2 Å². The average molecular weight is 362 g/mol. The molecule has 0 aromatic heterocycles. The molecule has 1 N–H and O–H groups in total. The first-order valence-corrected chi connectivity index (χ1v) is 8.11. The summed E-state index contributed by atoms with van der Waals surface area (Å²) in [6.07, 6.45) is -4.26.